The largest absolute Gasteiger partial charge is 0.394 e. The summed E-state index contributed by atoms with van der Waals surface area (Å²) in [5.74, 6) is -0.363. The number of ether oxygens (including phenoxy) is 3. The van der Waals surface area contributed by atoms with Crippen molar-refractivity contribution in [3.05, 3.63) is 0 Å². The minimum Gasteiger partial charge on any atom is -0.394 e. The number of carbonyl (C=O) groups is 1. The van der Waals surface area contributed by atoms with Gasteiger partial charge in [-0.3, -0.25) is 4.79 Å². The van der Waals surface area contributed by atoms with Crippen LogP contribution >= 0.6 is 0 Å². The molecule has 12 heteroatoms. The van der Waals surface area contributed by atoms with Gasteiger partial charge in [-0.1, -0.05) is 71.1 Å². The lowest BCUT2D eigenvalue weighted by Gasteiger charge is -2.46. The van der Waals surface area contributed by atoms with Crippen LogP contribution in [0.5, 0.6) is 0 Å². The molecule has 12 nitrogen and oxygen atoms in total. The second-order valence-corrected chi connectivity index (χ2v) is 10.5. The first-order chi connectivity index (χ1) is 18.2. The Morgan fingerprint density at radius 1 is 0.789 bits per heavy atom. The first-order valence-electron chi connectivity index (χ1n) is 14.2. The molecule has 0 spiro atoms. The van der Waals surface area contributed by atoms with E-state index >= 15 is 0 Å². The second kappa shape index (κ2) is 17.7. The maximum atomic E-state index is 12.5. The Balaban J connectivity index is 1.79. The fraction of sp³-hybridized carbons (Fsp3) is 0.962. The third kappa shape index (κ3) is 9.92. The van der Waals surface area contributed by atoms with Gasteiger partial charge in [0.1, 0.15) is 42.7 Å². The van der Waals surface area contributed by atoms with Crippen molar-refractivity contribution in [2.45, 2.75) is 145 Å². The Bertz CT molecular complexity index is 658. The number of rotatable bonds is 17. The van der Waals surface area contributed by atoms with Gasteiger partial charge in [0.15, 0.2) is 12.6 Å². The molecule has 2 saturated heterocycles. The van der Waals surface area contributed by atoms with E-state index in [0.29, 0.717) is 6.42 Å². The smallest absolute Gasteiger partial charge is 0.220 e. The van der Waals surface area contributed by atoms with Crippen molar-refractivity contribution in [3.8, 4) is 0 Å². The minimum absolute atomic E-state index is 0.223. The van der Waals surface area contributed by atoms with Crippen molar-refractivity contribution < 1.29 is 49.6 Å². The molecule has 2 heterocycles. The van der Waals surface area contributed by atoms with Crippen molar-refractivity contribution in [1.82, 2.24) is 5.32 Å². The number of unbranched alkanes of at least 4 members (excludes halogenated alkanes) is 10. The van der Waals surface area contributed by atoms with E-state index in [1.165, 1.54) is 44.9 Å². The van der Waals surface area contributed by atoms with Gasteiger partial charge in [0, 0.05) is 6.42 Å². The van der Waals surface area contributed by atoms with E-state index in [2.05, 4.69) is 12.2 Å². The van der Waals surface area contributed by atoms with E-state index in [1.807, 2.05) is 0 Å². The van der Waals surface area contributed by atoms with E-state index in [4.69, 9.17) is 19.9 Å². The average molecular weight is 551 g/mol. The molecule has 0 aromatic carbocycles. The Morgan fingerprint density at radius 3 is 1.89 bits per heavy atom. The maximum absolute atomic E-state index is 12.5. The number of hydrogen-bond acceptors (Lipinski definition) is 11. The normalized spacial score (nSPS) is 35.8. The Morgan fingerprint density at radius 2 is 1.34 bits per heavy atom. The molecular weight excluding hydrogens is 500 g/mol. The quantitative estimate of drug-likeness (QED) is 0.107. The summed E-state index contributed by atoms with van der Waals surface area (Å²) in [7, 11) is 0. The molecule has 2 aliphatic heterocycles. The summed E-state index contributed by atoms with van der Waals surface area (Å²) in [5, 5.41) is 63.1. The average Bonchev–Trinajstić information content (AvgIpc) is 2.91. The van der Waals surface area contributed by atoms with Gasteiger partial charge in [-0.25, -0.2) is 0 Å². The zero-order valence-electron chi connectivity index (χ0n) is 22.6. The Labute approximate surface area is 225 Å². The van der Waals surface area contributed by atoms with Crippen molar-refractivity contribution >= 4 is 5.91 Å². The lowest BCUT2D eigenvalue weighted by Crippen LogP contribution is -2.68. The van der Waals surface area contributed by atoms with Gasteiger partial charge in [0.05, 0.1) is 19.3 Å². The van der Waals surface area contributed by atoms with Gasteiger partial charge >= 0.3 is 0 Å². The summed E-state index contributed by atoms with van der Waals surface area (Å²) in [4.78, 5) is 12.5. The van der Waals surface area contributed by atoms with Crippen LogP contribution in [0.25, 0.3) is 0 Å². The number of aliphatic hydroxyl groups excluding tert-OH is 6. The fourth-order valence-corrected chi connectivity index (χ4v) is 4.99. The van der Waals surface area contributed by atoms with Crippen LogP contribution in [0.4, 0.5) is 0 Å². The fourth-order valence-electron chi connectivity index (χ4n) is 4.99. The first kappa shape index (κ1) is 33.3. The molecule has 0 aromatic heterocycles. The standard InChI is InChI=1S/C26H50N2O10/c1-2-3-4-5-6-7-8-9-10-11-12-13-18(31)28-20-23(34)24(17(15-30)36-25(20)35)38-26-19(27)22(33)21(32)16(14-29)37-26/h16-17,19-26,29-30,32-35H,2-15,27H2,1H3,(H,28,31)/t16-,17-,19-,20-,21-,22-,23-,24-,25?,26+/m1/s1. The molecular formula is C26H50N2O10. The third-order valence-corrected chi connectivity index (χ3v) is 7.43. The maximum Gasteiger partial charge on any atom is 0.220 e. The molecule has 9 N–H and O–H groups in total. The van der Waals surface area contributed by atoms with Crippen LogP contribution < -0.4 is 11.1 Å². The van der Waals surface area contributed by atoms with Crippen LogP contribution in [0.2, 0.25) is 0 Å². The summed E-state index contributed by atoms with van der Waals surface area (Å²) in [6.07, 6.45) is 1.83. The van der Waals surface area contributed by atoms with Gasteiger partial charge in [-0.05, 0) is 6.42 Å². The molecule has 0 aromatic rings. The highest BCUT2D eigenvalue weighted by Crippen LogP contribution is 2.28. The predicted molar refractivity (Wildman–Crippen MR) is 138 cm³/mol. The van der Waals surface area contributed by atoms with Crippen LogP contribution in [-0.4, -0.2) is 111 Å². The van der Waals surface area contributed by atoms with Crippen LogP contribution in [-0.2, 0) is 19.0 Å². The number of nitrogens with two attached hydrogens (primary N) is 1. The van der Waals surface area contributed by atoms with Crippen molar-refractivity contribution in [1.29, 1.82) is 0 Å². The van der Waals surface area contributed by atoms with E-state index in [9.17, 15) is 35.4 Å². The highest BCUT2D eigenvalue weighted by Gasteiger charge is 2.50. The lowest BCUT2D eigenvalue weighted by molar-refractivity contribution is -0.325. The SMILES string of the molecule is CCCCCCCCCCCCCC(=O)N[C@H]1C(O)O[C@H](CO)[C@@H](O[C@@H]2O[C@H](CO)[C@@H](O)[C@H](O)[C@H]2N)[C@@H]1O. The summed E-state index contributed by atoms with van der Waals surface area (Å²) >= 11 is 0. The zero-order valence-corrected chi connectivity index (χ0v) is 22.6. The Hall–Kier alpha value is -0.930. The molecule has 1 amide bonds. The number of hydrogen-bond donors (Lipinski definition) is 8. The summed E-state index contributed by atoms with van der Waals surface area (Å²) < 4.78 is 16.5. The van der Waals surface area contributed by atoms with Crippen molar-refractivity contribution in [3.63, 3.8) is 0 Å². The molecule has 0 radical (unpaired) electrons. The topological polar surface area (TPSA) is 204 Å². The molecule has 38 heavy (non-hydrogen) atoms. The second-order valence-electron chi connectivity index (χ2n) is 10.5. The van der Waals surface area contributed by atoms with Gasteiger partial charge in [-0.15, -0.1) is 0 Å². The monoisotopic (exact) mass is 550 g/mol. The third-order valence-electron chi connectivity index (χ3n) is 7.43. The molecule has 0 aliphatic carbocycles. The molecule has 10 atom stereocenters. The highest BCUT2D eigenvalue weighted by atomic mass is 16.7. The lowest BCUT2D eigenvalue weighted by atomic mass is 9.95. The molecule has 0 saturated carbocycles. The number of carbonyl (C=O) groups excluding carboxylic acids is 1. The molecule has 2 fully saturated rings. The van der Waals surface area contributed by atoms with Gasteiger partial charge in [0.2, 0.25) is 5.91 Å². The molecule has 2 aliphatic rings. The van der Waals surface area contributed by atoms with E-state index in [0.717, 1.165) is 19.3 Å². The summed E-state index contributed by atoms with van der Waals surface area (Å²) in [5.41, 5.74) is 5.91. The number of nitrogens with one attached hydrogen (secondary N) is 1. The predicted octanol–water partition coefficient (Wildman–Crippen LogP) is -0.606. The minimum atomic E-state index is -1.60. The first-order valence-corrected chi connectivity index (χ1v) is 14.2. The van der Waals surface area contributed by atoms with E-state index in [-0.39, 0.29) is 12.3 Å². The molecule has 2 rings (SSSR count). The molecule has 224 valence electrons. The molecule has 1 unspecified atom stereocenters. The van der Waals surface area contributed by atoms with Crippen LogP contribution in [0.3, 0.4) is 0 Å². The van der Waals surface area contributed by atoms with Gasteiger partial charge < -0.3 is 55.9 Å². The van der Waals surface area contributed by atoms with Crippen LogP contribution in [0.15, 0.2) is 0 Å². The summed E-state index contributed by atoms with van der Waals surface area (Å²) in [6.45, 7) is 0.965. The Kier molecular flexibility index (Phi) is 15.5. The van der Waals surface area contributed by atoms with Crippen molar-refractivity contribution in [2.75, 3.05) is 13.2 Å². The van der Waals surface area contributed by atoms with E-state index in [1.54, 1.807) is 0 Å². The van der Waals surface area contributed by atoms with Gasteiger partial charge in [0.25, 0.3) is 0 Å². The van der Waals surface area contributed by atoms with Gasteiger partial charge in [-0.2, -0.15) is 0 Å². The highest BCUT2D eigenvalue weighted by molar-refractivity contribution is 5.76. The van der Waals surface area contributed by atoms with Crippen molar-refractivity contribution in [2.24, 2.45) is 5.73 Å². The van der Waals surface area contributed by atoms with Crippen LogP contribution in [0, 0.1) is 0 Å². The number of aliphatic hydroxyl groups is 6. The van der Waals surface area contributed by atoms with Crippen LogP contribution in [0.1, 0.15) is 84.0 Å². The zero-order chi connectivity index (χ0) is 28.1. The summed E-state index contributed by atoms with van der Waals surface area (Å²) in [6, 6.07) is -2.48. The number of amides is 1. The van der Waals surface area contributed by atoms with E-state index < -0.39 is 74.5 Å². The molecule has 0 bridgehead atoms.